The van der Waals surface area contributed by atoms with E-state index in [2.05, 4.69) is 49.7 Å². The summed E-state index contributed by atoms with van der Waals surface area (Å²) in [6.07, 6.45) is 2.96. The number of aromatic nitrogens is 2. The molecule has 0 aliphatic heterocycles. The average molecular weight is 253 g/mol. The summed E-state index contributed by atoms with van der Waals surface area (Å²) in [5, 5.41) is 9.29. The Morgan fingerprint density at radius 1 is 1.42 bits per heavy atom. The van der Waals surface area contributed by atoms with Gasteiger partial charge in [0, 0.05) is 13.5 Å². The minimum absolute atomic E-state index is 0.218. The van der Waals surface area contributed by atoms with E-state index in [0.29, 0.717) is 5.92 Å². The molecule has 3 rings (SSSR count). The Balaban J connectivity index is 2.07. The standard InChI is InChI=1S/C16H19N3/c1-11(2)8-15-18-13-9-12(16(10-17)6-7-16)4-5-14(13)19(15)3/h4-5,9,11H,6-8H2,1-3H3. The lowest BCUT2D eigenvalue weighted by molar-refractivity contribution is 0.606. The van der Waals surface area contributed by atoms with E-state index >= 15 is 0 Å². The topological polar surface area (TPSA) is 41.6 Å². The van der Waals surface area contributed by atoms with Crippen molar-refractivity contribution in [3.8, 4) is 6.07 Å². The quantitative estimate of drug-likeness (QED) is 0.842. The van der Waals surface area contributed by atoms with E-state index in [9.17, 15) is 5.26 Å². The highest BCUT2D eigenvalue weighted by atomic mass is 15.1. The number of fused-ring (bicyclic) bond motifs is 1. The highest BCUT2D eigenvalue weighted by Crippen LogP contribution is 2.47. The van der Waals surface area contributed by atoms with Crippen LogP contribution in [0.25, 0.3) is 11.0 Å². The molecule has 1 aliphatic rings. The zero-order valence-corrected chi connectivity index (χ0v) is 11.8. The Hall–Kier alpha value is -1.82. The van der Waals surface area contributed by atoms with Crippen LogP contribution < -0.4 is 0 Å². The fourth-order valence-electron chi connectivity index (χ4n) is 2.69. The first-order valence-electron chi connectivity index (χ1n) is 6.93. The number of aryl methyl sites for hydroxylation is 1. The molecule has 0 saturated heterocycles. The molecule has 2 aromatic rings. The van der Waals surface area contributed by atoms with Crippen molar-refractivity contribution in [2.24, 2.45) is 13.0 Å². The van der Waals surface area contributed by atoms with Crippen molar-refractivity contribution in [2.45, 2.75) is 38.5 Å². The van der Waals surface area contributed by atoms with Crippen LogP contribution in [-0.2, 0) is 18.9 Å². The Kier molecular flexibility index (Phi) is 2.63. The number of nitriles is 1. The molecule has 1 aromatic carbocycles. The van der Waals surface area contributed by atoms with Crippen molar-refractivity contribution >= 4 is 11.0 Å². The van der Waals surface area contributed by atoms with Gasteiger partial charge in [-0.25, -0.2) is 4.98 Å². The first-order valence-corrected chi connectivity index (χ1v) is 6.93. The van der Waals surface area contributed by atoms with Crippen molar-refractivity contribution in [1.29, 1.82) is 5.26 Å². The van der Waals surface area contributed by atoms with Gasteiger partial charge in [0.2, 0.25) is 0 Å². The number of imidazole rings is 1. The van der Waals surface area contributed by atoms with Gasteiger partial charge in [0.25, 0.3) is 0 Å². The summed E-state index contributed by atoms with van der Waals surface area (Å²) in [4.78, 5) is 4.74. The first kappa shape index (κ1) is 12.2. The van der Waals surface area contributed by atoms with Gasteiger partial charge in [0.1, 0.15) is 5.82 Å². The molecule has 0 unspecified atom stereocenters. The number of nitrogens with zero attached hydrogens (tertiary/aromatic N) is 3. The molecule has 3 nitrogen and oxygen atoms in total. The fraction of sp³-hybridized carbons (Fsp3) is 0.500. The highest BCUT2D eigenvalue weighted by Gasteiger charge is 2.45. The molecule has 0 N–H and O–H groups in total. The maximum absolute atomic E-state index is 9.29. The summed E-state index contributed by atoms with van der Waals surface area (Å²) >= 11 is 0. The molecule has 0 amide bonds. The van der Waals surface area contributed by atoms with Crippen molar-refractivity contribution in [2.75, 3.05) is 0 Å². The third-order valence-electron chi connectivity index (χ3n) is 4.08. The first-order chi connectivity index (χ1) is 9.05. The van der Waals surface area contributed by atoms with Crippen molar-refractivity contribution < 1.29 is 0 Å². The molecular weight excluding hydrogens is 234 g/mol. The molecule has 1 aliphatic carbocycles. The summed E-state index contributed by atoms with van der Waals surface area (Å²) < 4.78 is 2.17. The number of hydrogen-bond donors (Lipinski definition) is 0. The van der Waals surface area contributed by atoms with Crippen molar-refractivity contribution in [1.82, 2.24) is 9.55 Å². The van der Waals surface area contributed by atoms with Crippen LogP contribution in [0.3, 0.4) is 0 Å². The average Bonchev–Trinajstić information content (AvgIpc) is 3.12. The molecular formula is C16H19N3. The Labute approximate surface area is 113 Å². The Morgan fingerprint density at radius 3 is 2.74 bits per heavy atom. The van der Waals surface area contributed by atoms with E-state index in [1.807, 2.05) is 0 Å². The molecule has 1 aromatic heterocycles. The van der Waals surface area contributed by atoms with Crippen LogP contribution in [0.5, 0.6) is 0 Å². The van der Waals surface area contributed by atoms with Gasteiger partial charge in [-0.15, -0.1) is 0 Å². The van der Waals surface area contributed by atoms with Gasteiger partial charge < -0.3 is 4.57 Å². The smallest absolute Gasteiger partial charge is 0.109 e. The van der Waals surface area contributed by atoms with E-state index in [1.54, 1.807) is 0 Å². The molecule has 0 spiro atoms. The van der Waals surface area contributed by atoms with Gasteiger partial charge in [-0.05, 0) is 36.5 Å². The zero-order valence-electron chi connectivity index (χ0n) is 11.8. The van der Waals surface area contributed by atoms with E-state index in [-0.39, 0.29) is 5.41 Å². The van der Waals surface area contributed by atoms with E-state index in [4.69, 9.17) is 4.98 Å². The van der Waals surface area contributed by atoms with Crippen molar-refractivity contribution in [3.05, 3.63) is 29.6 Å². The molecule has 0 radical (unpaired) electrons. The van der Waals surface area contributed by atoms with Crippen LogP contribution in [0.15, 0.2) is 18.2 Å². The molecule has 3 heteroatoms. The third-order valence-corrected chi connectivity index (χ3v) is 4.08. The minimum Gasteiger partial charge on any atom is -0.331 e. The van der Waals surface area contributed by atoms with Crippen LogP contribution in [0.2, 0.25) is 0 Å². The fourth-order valence-corrected chi connectivity index (χ4v) is 2.69. The normalized spacial score (nSPS) is 16.8. The zero-order chi connectivity index (χ0) is 13.6. The predicted molar refractivity (Wildman–Crippen MR) is 75.8 cm³/mol. The van der Waals surface area contributed by atoms with Gasteiger partial charge >= 0.3 is 0 Å². The second-order valence-corrected chi connectivity index (χ2v) is 6.08. The van der Waals surface area contributed by atoms with Gasteiger partial charge in [0.15, 0.2) is 0 Å². The SMILES string of the molecule is CC(C)Cc1nc2cc(C3(C#N)CC3)ccc2n1C. The lowest BCUT2D eigenvalue weighted by Crippen LogP contribution is -2.02. The summed E-state index contributed by atoms with van der Waals surface area (Å²) in [5.74, 6) is 1.73. The lowest BCUT2D eigenvalue weighted by atomic mass is 9.97. The second-order valence-electron chi connectivity index (χ2n) is 6.08. The lowest BCUT2D eigenvalue weighted by Gasteiger charge is -2.06. The summed E-state index contributed by atoms with van der Waals surface area (Å²) in [6, 6.07) is 8.77. The van der Waals surface area contributed by atoms with Crippen molar-refractivity contribution in [3.63, 3.8) is 0 Å². The van der Waals surface area contributed by atoms with Gasteiger partial charge in [-0.2, -0.15) is 5.26 Å². The molecule has 98 valence electrons. The van der Waals surface area contributed by atoms with E-state index in [0.717, 1.165) is 41.7 Å². The van der Waals surface area contributed by atoms with Crippen LogP contribution in [-0.4, -0.2) is 9.55 Å². The van der Waals surface area contributed by atoms with Gasteiger partial charge in [0.05, 0.1) is 22.5 Å². The summed E-state index contributed by atoms with van der Waals surface area (Å²) in [7, 11) is 2.07. The second kappa shape index (κ2) is 4.09. The predicted octanol–water partition coefficient (Wildman–Crippen LogP) is 3.33. The Bertz CT molecular complexity index is 669. The van der Waals surface area contributed by atoms with Crippen LogP contribution in [0, 0.1) is 17.2 Å². The summed E-state index contributed by atoms with van der Waals surface area (Å²) in [5.41, 5.74) is 3.10. The van der Waals surface area contributed by atoms with Gasteiger partial charge in [-0.1, -0.05) is 19.9 Å². The number of rotatable bonds is 3. The van der Waals surface area contributed by atoms with Crippen LogP contribution in [0.4, 0.5) is 0 Å². The number of benzene rings is 1. The third kappa shape index (κ3) is 1.92. The van der Waals surface area contributed by atoms with E-state index in [1.165, 1.54) is 0 Å². The Morgan fingerprint density at radius 2 is 2.16 bits per heavy atom. The monoisotopic (exact) mass is 253 g/mol. The maximum atomic E-state index is 9.29. The van der Waals surface area contributed by atoms with Crippen LogP contribution in [0.1, 0.15) is 38.1 Å². The molecule has 1 heterocycles. The molecule has 0 bridgehead atoms. The van der Waals surface area contributed by atoms with E-state index < -0.39 is 0 Å². The molecule has 0 atom stereocenters. The highest BCUT2D eigenvalue weighted by molar-refractivity contribution is 5.77. The molecule has 19 heavy (non-hydrogen) atoms. The van der Waals surface area contributed by atoms with Crippen LogP contribution >= 0.6 is 0 Å². The van der Waals surface area contributed by atoms with Gasteiger partial charge in [-0.3, -0.25) is 0 Å². The minimum atomic E-state index is -0.218. The summed E-state index contributed by atoms with van der Waals surface area (Å²) in [6.45, 7) is 4.42. The maximum Gasteiger partial charge on any atom is 0.109 e. The number of hydrogen-bond acceptors (Lipinski definition) is 2. The molecule has 1 fully saturated rings. The largest absolute Gasteiger partial charge is 0.331 e. The molecule has 1 saturated carbocycles.